The molecule has 122 valence electrons. The van der Waals surface area contributed by atoms with Crippen molar-refractivity contribution in [3.8, 4) is 0 Å². The van der Waals surface area contributed by atoms with Crippen LogP contribution in [0.1, 0.15) is 13.3 Å². The van der Waals surface area contributed by atoms with E-state index >= 15 is 0 Å². The first-order valence-corrected chi connectivity index (χ1v) is 8.96. The van der Waals surface area contributed by atoms with Crippen molar-refractivity contribution in [1.82, 2.24) is 4.90 Å². The van der Waals surface area contributed by atoms with Gasteiger partial charge >= 0.3 is 0 Å². The van der Waals surface area contributed by atoms with Crippen LogP contribution in [0.2, 0.25) is 0 Å². The summed E-state index contributed by atoms with van der Waals surface area (Å²) < 4.78 is 37.4. The monoisotopic (exact) mass is 328 g/mol. The summed E-state index contributed by atoms with van der Waals surface area (Å²) in [6.45, 7) is 3.36. The van der Waals surface area contributed by atoms with E-state index in [-0.39, 0.29) is 16.6 Å². The highest BCUT2D eigenvalue weighted by Gasteiger charge is 2.31. The third kappa shape index (κ3) is 3.84. The normalized spacial score (nSPS) is 20.1. The predicted octanol–water partition coefficient (Wildman–Crippen LogP) is 1.04. The SMILES string of the molecule is C[C@H](CS(=O)(=O)c1ccc(F)cc1)C(=O)N1CC[C@@H](CN)C1. The van der Waals surface area contributed by atoms with Crippen LogP contribution in [-0.4, -0.2) is 44.6 Å². The Balaban J connectivity index is 2.03. The summed E-state index contributed by atoms with van der Waals surface area (Å²) in [4.78, 5) is 14.1. The summed E-state index contributed by atoms with van der Waals surface area (Å²) in [5.41, 5.74) is 5.60. The number of sulfone groups is 1. The zero-order chi connectivity index (χ0) is 16.3. The van der Waals surface area contributed by atoms with Crippen LogP contribution in [0.3, 0.4) is 0 Å². The highest BCUT2D eigenvalue weighted by molar-refractivity contribution is 7.91. The van der Waals surface area contributed by atoms with Crippen molar-refractivity contribution in [3.05, 3.63) is 30.1 Å². The smallest absolute Gasteiger partial charge is 0.226 e. The second-order valence-electron chi connectivity index (χ2n) is 5.81. The van der Waals surface area contributed by atoms with Gasteiger partial charge in [0.05, 0.1) is 10.6 Å². The van der Waals surface area contributed by atoms with E-state index in [1.165, 1.54) is 12.1 Å². The fourth-order valence-corrected chi connectivity index (χ4v) is 4.22. The van der Waals surface area contributed by atoms with Gasteiger partial charge in [-0.25, -0.2) is 12.8 Å². The second kappa shape index (κ2) is 6.75. The molecule has 0 unspecified atom stereocenters. The maximum Gasteiger partial charge on any atom is 0.226 e. The van der Waals surface area contributed by atoms with Gasteiger partial charge in [0.1, 0.15) is 5.82 Å². The Bertz CT molecular complexity index is 631. The van der Waals surface area contributed by atoms with E-state index in [0.717, 1.165) is 18.6 Å². The van der Waals surface area contributed by atoms with Crippen molar-refractivity contribution in [2.45, 2.75) is 18.2 Å². The average molecular weight is 328 g/mol. The van der Waals surface area contributed by atoms with Crippen molar-refractivity contribution in [2.24, 2.45) is 17.6 Å². The number of amides is 1. The van der Waals surface area contributed by atoms with Crippen molar-refractivity contribution in [3.63, 3.8) is 0 Å². The Labute approximate surface area is 130 Å². The maximum absolute atomic E-state index is 12.9. The van der Waals surface area contributed by atoms with E-state index in [4.69, 9.17) is 5.73 Å². The molecule has 0 saturated carbocycles. The number of likely N-dealkylation sites (tertiary alicyclic amines) is 1. The van der Waals surface area contributed by atoms with Crippen molar-refractivity contribution in [2.75, 3.05) is 25.4 Å². The zero-order valence-corrected chi connectivity index (χ0v) is 13.4. The first-order valence-electron chi connectivity index (χ1n) is 7.30. The summed E-state index contributed by atoms with van der Waals surface area (Å²) in [5.74, 6) is -1.27. The van der Waals surface area contributed by atoms with Crippen LogP contribution in [0.4, 0.5) is 4.39 Å². The molecule has 0 aliphatic carbocycles. The van der Waals surface area contributed by atoms with Crippen LogP contribution in [0.25, 0.3) is 0 Å². The number of hydrogen-bond acceptors (Lipinski definition) is 4. The van der Waals surface area contributed by atoms with Crippen LogP contribution in [-0.2, 0) is 14.6 Å². The molecule has 0 spiro atoms. The van der Waals surface area contributed by atoms with Crippen molar-refractivity contribution >= 4 is 15.7 Å². The largest absolute Gasteiger partial charge is 0.342 e. The van der Waals surface area contributed by atoms with Gasteiger partial charge in [-0.2, -0.15) is 0 Å². The van der Waals surface area contributed by atoms with E-state index in [1.807, 2.05) is 0 Å². The molecule has 1 saturated heterocycles. The molecule has 1 aromatic rings. The summed E-state index contributed by atoms with van der Waals surface area (Å²) in [7, 11) is -3.61. The molecule has 1 fully saturated rings. The molecule has 2 rings (SSSR count). The molecule has 0 aromatic heterocycles. The number of carbonyl (C=O) groups excluding carboxylic acids is 1. The van der Waals surface area contributed by atoms with Gasteiger partial charge in [-0.3, -0.25) is 4.79 Å². The number of hydrogen-bond donors (Lipinski definition) is 1. The Morgan fingerprint density at radius 1 is 1.41 bits per heavy atom. The maximum atomic E-state index is 12.9. The van der Waals surface area contributed by atoms with Gasteiger partial charge in [0.15, 0.2) is 9.84 Å². The van der Waals surface area contributed by atoms with E-state index in [2.05, 4.69) is 0 Å². The fraction of sp³-hybridized carbons (Fsp3) is 0.533. The second-order valence-corrected chi connectivity index (χ2v) is 7.85. The molecule has 1 amide bonds. The molecular weight excluding hydrogens is 307 g/mol. The standard InChI is InChI=1S/C15H21FN2O3S/c1-11(15(19)18-7-6-12(8-17)9-18)10-22(20,21)14-4-2-13(16)3-5-14/h2-5,11-12H,6-10,17H2,1H3/t11-,12+/m1/s1. The lowest BCUT2D eigenvalue weighted by molar-refractivity contribution is -0.133. The van der Waals surface area contributed by atoms with Gasteiger partial charge in [-0.15, -0.1) is 0 Å². The van der Waals surface area contributed by atoms with Crippen LogP contribution in [0.15, 0.2) is 29.2 Å². The quantitative estimate of drug-likeness (QED) is 0.819. The van der Waals surface area contributed by atoms with Crippen LogP contribution < -0.4 is 5.73 Å². The Hall–Kier alpha value is -1.47. The number of nitrogens with zero attached hydrogens (tertiary/aromatic N) is 1. The van der Waals surface area contributed by atoms with Gasteiger partial charge in [-0.05, 0) is 43.1 Å². The molecule has 1 aliphatic rings. The predicted molar refractivity (Wildman–Crippen MR) is 81.4 cm³/mol. The Morgan fingerprint density at radius 2 is 2.05 bits per heavy atom. The summed E-state index contributed by atoms with van der Waals surface area (Å²) >= 11 is 0. The summed E-state index contributed by atoms with van der Waals surface area (Å²) in [6, 6.07) is 4.65. The molecule has 22 heavy (non-hydrogen) atoms. The number of halogens is 1. The third-order valence-corrected chi connectivity index (χ3v) is 5.92. The first-order chi connectivity index (χ1) is 10.3. The molecule has 1 aliphatic heterocycles. The van der Waals surface area contributed by atoms with Gasteiger partial charge in [0.2, 0.25) is 5.91 Å². The molecule has 1 aromatic carbocycles. The van der Waals surface area contributed by atoms with Gasteiger partial charge in [0, 0.05) is 19.0 Å². The molecule has 2 N–H and O–H groups in total. The number of rotatable bonds is 5. The molecule has 7 heteroatoms. The highest BCUT2D eigenvalue weighted by atomic mass is 32.2. The van der Waals surface area contributed by atoms with Crippen molar-refractivity contribution < 1.29 is 17.6 Å². The highest BCUT2D eigenvalue weighted by Crippen LogP contribution is 2.20. The molecule has 2 atom stereocenters. The lowest BCUT2D eigenvalue weighted by atomic mass is 10.1. The minimum atomic E-state index is -3.61. The number of benzene rings is 1. The zero-order valence-electron chi connectivity index (χ0n) is 12.5. The third-order valence-electron chi connectivity index (χ3n) is 3.99. The lowest BCUT2D eigenvalue weighted by Crippen LogP contribution is -2.36. The van der Waals surface area contributed by atoms with Crippen LogP contribution in [0, 0.1) is 17.7 Å². The molecule has 5 nitrogen and oxygen atoms in total. The fourth-order valence-electron chi connectivity index (χ4n) is 2.68. The van der Waals surface area contributed by atoms with E-state index in [1.54, 1.807) is 11.8 Å². The van der Waals surface area contributed by atoms with Gasteiger partial charge in [-0.1, -0.05) is 6.92 Å². The van der Waals surface area contributed by atoms with E-state index in [9.17, 15) is 17.6 Å². The lowest BCUT2D eigenvalue weighted by Gasteiger charge is -2.21. The summed E-state index contributed by atoms with van der Waals surface area (Å²) in [5, 5.41) is 0. The summed E-state index contributed by atoms with van der Waals surface area (Å²) in [6.07, 6.45) is 0.861. The first kappa shape index (κ1) is 16.9. The number of carbonyl (C=O) groups is 1. The topological polar surface area (TPSA) is 80.5 Å². The minimum Gasteiger partial charge on any atom is -0.342 e. The van der Waals surface area contributed by atoms with E-state index in [0.29, 0.717) is 25.6 Å². The van der Waals surface area contributed by atoms with E-state index < -0.39 is 21.6 Å². The van der Waals surface area contributed by atoms with Crippen LogP contribution >= 0.6 is 0 Å². The number of nitrogens with two attached hydrogens (primary N) is 1. The van der Waals surface area contributed by atoms with Gasteiger partial charge < -0.3 is 10.6 Å². The minimum absolute atomic E-state index is 0.0369. The Kier molecular flexibility index (Phi) is 5.18. The average Bonchev–Trinajstić information content (AvgIpc) is 2.95. The molecule has 0 radical (unpaired) electrons. The van der Waals surface area contributed by atoms with Crippen molar-refractivity contribution in [1.29, 1.82) is 0 Å². The van der Waals surface area contributed by atoms with Crippen LogP contribution in [0.5, 0.6) is 0 Å². The van der Waals surface area contributed by atoms with Gasteiger partial charge in [0.25, 0.3) is 0 Å². The molecule has 0 bridgehead atoms. The molecular formula is C15H21FN2O3S. The molecule has 1 heterocycles. The Morgan fingerprint density at radius 3 is 2.59 bits per heavy atom.